The first-order chi connectivity index (χ1) is 11.1. The molecular weight excluding hydrogens is 344 g/mol. The molecule has 4 amide bonds. The molecule has 4 N–H and O–H groups in total. The Morgan fingerprint density at radius 2 is 1.80 bits per heavy atom. The van der Waals surface area contributed by atoms with Crippen LogP contribution in [0.4, 0.5) is 4.79 Å². The molecule has 1 unspecified atom stereocenters. The van der Waals surface area contributed by atoms with Crippen molar-refractivity contribution in [3.8, 4) is 0 Å². The highest BCUT2D eigenvalue weighted by atomic mass is 35.5. The number of imide groups is 1. The van der Waals surface area contributed by atoms with Crippen LogP contribution in [0.3, 0.4) is 0 Å². The van der Waals surface area contributed by atoms with Crippen LogP contribution in [0, 0.1) is 5.41 Å². The smallest absolute Gasteiger partial charge is 0.322 e. The number of urea groups is 1. The van der Waals surface area contributed by atoms with Crippen LogP contribution >= 0.6 is 12.4 Å². The van der Waals surface area contributed by atoms with Gasteiger partial charge in [-0.1, -0.05) is 26.0 Å². The minimum absolute atomic E-state index is 0. The SMILES string of the molecule is CN(CC(C)(C)CN)C(=O)c1ccc(C2(C)NC(=O)NC2=O)cc1.Cl. The molecule has 1 aromatic rings. The minimum Gasteiger partial charge on any atom is -0.341 e. The van der Waals surface area contributed by atoms with E-state index in [9.17, 15) is 14.4 Å². The molecule has 0 saturated carbocycles. The zero-order valence-electron chi connectivity index (χ0n) is 14.9. The number of amides is 4. The third kappa shape index (κ3) is 4.29. The second-order valence-electron chi connectivity index (χ2n) is 7.14. The van der Waals surface area contributed by atoms with E-state index in [0.29, 0.717) is 24.2 Å². The Balaban J connectivity index is 0.00000312. The van der Waals surface area contributed by atoms with E-state index in [1.54, 1.807) is 43.1 Å². The van der Waals surface area contributed by atoms with Gasteiger partial charge in [0.05, 0.1) is 0 Å². The number of halogens is 1. The van der Waals surface area contributed by atoms with Gasteiger partial charge in [-0.05, 0) is 36.6 Å². The molecule has 1 aliphatic heterocycles. The van der Waals surface area contributed by atoms with Crippen LogP contribution in [0.2, 0.25) is 0 Å². The van der Waals surface area contributed by atoms with Gasteiger partial charge in [-0.3, -0.25) is 14.9 Å². The van der Waals surface area contributed by atoms with Crippen LogP contribution in [0.1, 0.15) is 36.7 Å². The summed E-state index contributed by atoms with van der Waals surface area (Å²) >= 11 is 0. The van der Waals surface area contributed by atoms with Crippen molar-refractivity contribution >= 4 is 30.3 Å². The average Bonchev–Trinajstić information content (AvgIpc) is 2.79. The maximum Gasteiger partial charge on any atom is 0.322 e. The minimum atomic E-state index is -1.12. The summed E-state index contributed by atoms with van der Waals surface area (Å²) in [5, 5.41) is 4.82. The highest BCUT2D eigenvalue weighted by Crippen LogP contribution is 2.25. The van der Waals surface area contributed by atoms with Crippen molar-refractivity contribution in [2.45, 2.75) is 26.3 Å². The summed E-state index contributed by atoms with van der Waals surface area (Å²) < 4.78 is 0. The molecule has 8 heteroatoms. The molecule has 0 spiro atoms. The van der Waals surface area contributed by atoms with Gasteiger partial charge >= 0.3 is 6.03 Å². The van der Waals surface area contributed by atoms with Crippen molar-refractivity contribution < 1.29 is 14.4 Å². The van der Waals surface area contributed by atoms with Crippen molar-refractivity contribution in [2.75, 3.05) is 20.1 Å². The molecule has 2 rings (SSSR count). The van der Waals surface area contributed by atoms with E-state index < -0.39 is 17.5 Å². The Labute approximate surface area is 153 Å². The maximum atomic E-state index is 12.5. The third-order valence-electron chi connectivity index (χ3n) is 4.32. The van der Waals surface area contributed by atoms with Gasteiger partial charge < -0.3 is 16.0 Å². The molecule has 1 aromatic carbocycles. The van der Waals surface area contributed by atoms with Crippen LogP contribution < -0.4 is 16.4 Å². The number of benzene rings is 1. The lowest BCUT2D eigenvalue weighted by molar-refractivity contribution is -0.123. The van der Waals surface area contributed by atoms with Gasteiger partial charge in [0.1, 0.15) is 5.54 Å². The maximum absolute atomic E-state index is 12.5. The molecule has 0 bridgehead atoms. The van der Waals surface area contributed by atoms with Gasteiger partial charge in [-0.2, -0.15) is 0 Å². The van der Waals surface area contributed by atoms with E-state index in [-0.39, 0.29) is 23.7 Å². The molecule has 1 fully saturated rings. The summed E-state index contributed by atoms with van der Waals surface area (Å²) in [5.74, 6) is -0.526. The molecule has 1 aliphatic rings. The van der Waals surface area contributed by atoms with E-state index in [0.717, 1.165) is 0 Å². The Bertz CT molecular complexity index is 675. The highest BCUT2D eigenvalue weighted by molar-refractivity contribution is 6.07. The lowest BCUT2D eigenvalue weighted by atomic mass is 9.91. The van der Waals surface area contributed by atoms with E-state index in [4.69, 9.17) is 5.73 Å². The third-order valence-corrected chi connectivity index (χ3v) is 4.32. The average molecular weight is 369 g/mol. The van der Waals surface area contributed by atoms with E-state index in [2.05, 4.69) is 10.6 Å². The van der Waals surface area contributed by atoms with Gasteiger partial charge in [-0.25, -0.2) is 4.79 Å². The zero-order valence-corrected chi connectivity index (χ0v) is 15.7. The lowest BCUT2D eigenvalue weighted by Gasteiger charge is -2.29. The van der Waals surface area contributed by atoms with E-state index in [1.807, 2.05) is 13.8 Å². The number of hydrogen-bond donors (Lipinski definition) is 3. The number of nitrogens with two attached hydrogens (primary N) is 1. The summed E-state index contributed by atoms with van der Waals surface area (Å²) in [6, 6.07) is 6.16. The summed E-state index contributed by atoms with van der Waals surface area (Å²) in [6.45, 7) is 6.65. The molecule has 7 nitrogen and oxygen atoms in total. The van der Waals surface area contributed by atoms with E-state index >= 15 is 0 Å². The molecule has 1 saturated heterocycles. The first-order valence-electron chi connectivity index (χ1n) is 7.79. The Hall–Kier alpha value is -2.12. The monoisotopic (exact) mass is 368 g/mol. The highest BCUT2D eigenvalue weighted by Gasteiger charge is 2.43. The Kier molecular flexibility index (Phi) is 6.20. The molecule has 0 radical (unpaired) electrons. The molecule has 0 aromatic heterocycles. The predicted molar refractivity (Wildman–Crippen MR) is 97.5 cm³/mol. The second kappa shape index (κ2) is 7.41. The number of nitrogens with one attached hydrogen (secondary N) is 2. The topological polar surface area (TPSA) is 105 Å². The Morgan fingerprint density at radius 3 is 2.24 bits per heavy atom. The number of hydrogen-bond acceptors (Lipinski definition) is 4. The molecule has 138 valence electrons. The van der Waals surface area contributed by atoms with Crippen LogP contribution in [0.25, 0.3) is 0 Å². The van der Waals surface area contributed by atoms with Crippen molar-refractivity contribution in [1.29, 1.82) is 0 Å². The van der Waals surface area contributed by atoms with E-state index in [1.165, 1.54) is 0 Å². The first kappa shape index (κ1) is 20.9. The van der Waals surface area contributed by atoms with Crippen LogP contribution in [-0.2, 0) is 10.3 Å². The summed E-state index contributed by atoms with van der Waals surface area (Å²) in [5.41, 5.74) is 5.56. The quantitative estimate of drug-likeness (QED) is 0.679. The van der Waals surface area contributed by atoms with Crippen LogP contribution in [0.5, 0.6) is 0 Å². The predicted octanol–water partition coefficient (Wildman–Crippen LogP) is 1.22. The largest absolute Gasteiger partial charge is 0.341 e. The van der Waals surface area contributed by atoms with Crippen molar-refractivity contribution in [2.24, 2.45) is 11.1 Å². The summed E-state index contributed by atoms with van der Waals surface area (Å²) in [6.07, 6.45) is 0. The number of nitrogens with zero attached hydrogens (tertiary/aromatic N) is 1. The fourth-order valence-corrected chi connectivity index (χ4v) is 2.69. The molecule has 0 aliphatic carbocycles. The van der Waals surface area contributed by atoms with Crippen LogP contribution in [-0.4, -0.2) is 42.9 Å². The van der Waals surface area contributed by atoms with Crippen molar-refractivity contribution in [1.82, 2.24) is 15.5 Å². The molecule has 25 heavy (non-hydrogen) atoms. The zero-order chi connectivity index (χ0) is 18.1. The summed E-state index contributed by atoms with van der Waals surface area (Å²) in [4.78, 5) is 37.4. The van der Waals surface area contributed by atoms with Gasteiger partial charge in [0.25, 0.3) is 11.8 Å². The fraction of sp³-hybridized carbons (Fsp3) is 0.471. The first-order valence-corrected chi connectivity index (χ1v) is 7.79. The lowest BCUT2D eigenvalue weighted by Crippen LogP contribution is -2.41. The normalized spacial score (nSPS) is 19.7. The van der Waals surface area contributed by atoms with Gasteiger partial charge in [0, 0.05) is 19.2 Å². The van der Waals surface area contributed by atoms with Crippen molar-refractivity contribution in [3.05, 3.63) is 35.4 Å². The van der Waals surface area contributed by atoms with Gasteiger partial charge in [-0.15, -0.1) is 12.4 Å². The molecule has 1 heterocycles. The number of carbonyl (C=O) groups excluding carboxylic acids is 3. The number of carbonyl (C=O) groups is 3. The second-order valence-corrected chi connectivity index (χ2v) is 7.14. The molecule has 1 atom stereocenters. The van der Waals surface area contributed by atoms with Gasteiger partial charge in [0.15, 0.2) is 0 Å². The van der Waals surface area contributed by atoms with Gasteiger partial charge in [0.2, 0.25) is 0 Å². The van der Waals surface area contributed by atoms with Crippen LogP contribution in [0.15, 0.2) is 24.3 Å². The number of rotatable bonds is 5. The Morgan fingerprint density at radius 1 is 1.24 bits per heavy atom. The van der Waals surface area contributed by atoms with Crippen molar-refractivity contribution in [3.63, 3.8) is 0 Å². The molecular formula is C17H25ClN4O3. The standard InChI is InChI=1S/C17H24N4O3.ClH/c1-16(2,9-18)10-21(4)13(22)11-5-7-12(8-6-11)17(3)14(23)19-15(24)20-17;/h5-8H,9-10,18H2,1-4H3,(H2,19,20,23,24);1H. The fourth-order valence-electron chi connectivity index (χ4n) is 2.69. The summed E-state index contributed by atoms with van der Waals surface area (Å²) in [7, 11) is 1.74.